The van der Waals surface area contributed by atoms with Crippen molar-refractivity contribution in [1.29, 1.82) is 0 Å². The van der Waals surface area contributed by atoms with Crippen LogP contribution in [0, 0.1) is 13.8 Å². The maximum Gasteiger partial charge on any atom is 0.119 e. The molecule has 7 aromatic rings. The SMILES string of the molecule is COc1cccc(C)c1.Cc1ccc(-c2ccc(N(c3cccc(-c4ccccc4)c3)c3ccc4ccccc4c3)cc2)cc1. The molecule has 0 N–H and O–H groups in total. The second kappa shape index (κ2) is 13.8. The Morgan fingerprint density at radius 2 is 0.956 bits per heavy atom. The normalized spacial score (nSPS) is 10.6. The molecule has 220 valence electrons. The van der Waals surface area contributed by atoms with Gasteiger partial charge in [0.2, 0.25) is 0 Å². The highest BCUT2D eigenvalue weighted by atomic mass is 16.5. The van der Waals surface area contributed by atoms with Crippen molar-refractivity contribution in [1.82, 2.24) is 0 Å². The third-order valence-corrected chi connectivity index (χ3v) is 7.94. The molecule has 0 fully saturated rings. The minimum atomic E-state index is 0.926. The van der Waals surface area contributed by atoms with Crippen LogP contribution in [0.5, 0.6) is 5.75 Å². The van der Waals surface area contributed by atoms with Gasteiger partial charge in [0.05, 0.1) is 7.11 Å². The Kier molecular flexibility index (Phi) is 9.03. The molecule has 0 atom stereocenters. The zero-order valence-corrected chi connectivity index (χ0v) is 26.0. The zero-order chi connectivity index (χ0) is 31.0. The Hall–Kier alpha value is -5.60. The van der Waals surface area contributed by atoms with E-state index in [0.29, 0.717) is 0 Å². The van der Waals surface area contributed by atoms with Crippen LogP contribution in [0.15, 0.2) is 170 Å². The molecule has 2 heteroatoms. The third kappa shape index (κ3) is 7.14. The molecule has 0 unspecified atom stereocenters. The quantitative estimate of drug-likeness (QED) is 0.193. The van der Waals surface area contributed by atoms with Gasteiger partial charge in [-0.15, -0.1) is 0 Å². The van der Waals surface area contributed by atoms with Crippen molar-refractivity contribution in [2.24, 2.45) is 0 Å². The molecule has 7 rings (SSSR count). The Balaban J connectivity index is 0.000000343. The molecule has 0 heterocycles. The van der Waals surface area contributed by atoms with E-state index in [-0.39, 0.29) is 0 Å². The zero-order valence-electron chi connectivity index (χ0n) is 26.0. The molecule has 0 aliphatic carbocycles. The highest BCUT2D eigenvalue weighted by Gasteiger charge is 2.14. The van der Waals surface area contributed by atoms with E-state index in [9.17, 15) is 0 Å². The number of nitrogens with zero attached hydrogens (tertiary/aromatic N) is 1. The van der Waals surface area contributed by atoms with E-state index in [1.165, 1.54) is 44.2 Å². The van der Waals surface area contributed by atoms with Crippen molar-refractivity contribution in [3.63, 3.8) is 0 Å². The number of anilines is 3. The number of methoxy groups -OCH3 is 1. The number of ether oxygens (including phenoxy) is 1. The lowest BCUT2D eigenvalue weighted by atomic mass is 10.0. The van der Waals surface area contributed by atoms with E-state index >= 15 is 0 Å². The smallest absolute Gasteiger partial charge is 0.119 e. The lowest BCUT2D eigenvalue weighted by Gasteiger charge is -2.26. The van der Waals surface area contributed by atoms with Gasteiger partial charge in [0.25, 0.3) is 0 Å². The molecule has 0 aromatic heterocycles. The maximum absolute atomic E-state index is 5.00. The lowest BCUT2D eigenvalue weighted by Crippen LogP contribution is -2.10. The minimum Gasteiger partial charge on any atom is -0.497 e. The summed E-state index contributed by atoms with van der Waals surface area (Å²) in [5.74, 6) is 0.926. The van der Waals surface area contributed by atoms with Crippen molar-refractivity contribution in [3.05, 3.63) is 181 Å². The first-order chi connectivity index (χ1) is 22.1. The summed E-state index contributed by atoms with van der Waals surface area (Å²) in [6.07, 6.45) is 0. The van der Waals surface area contributed by atoms with Crippen LogP contribution in [-0.2, 0) is 0 Å². The monoisotopic (exact) mass is 583 g/mol. The van der Waals surface area contributed by atoms with E-state index in [4.69, 9.17) is 4.74 Å². The number of hydrogen-bond donors (Lipinski definition) is 0. The van der Waals surface area contributed by atoms with Gasteiger partial charge in [-0.25, -0.2) is 0 Å². The molecule has 0 saturated heterocycles. The first kappa shape index (κ1) is 29.5. The van der Waals surface area contributed by atoms with Crippen LogP contribution in [0.25, 0.3) is 33.0 Å². The summed E-state index contributed by atoms with van der Waals surface area (Å²) in [5, 5.41) is 2.48. The van der Waals surface area contributed by atoms with Gasteiger partial charge in [0.1, 0.15) is 5.75 Å². The van der Waals surface area contributed by atoms with Crippen molar-refractivity contribution in [3.8, 4) is 28.0 Å². The Bertz CT molecular complexity index is 1990. The predicted octanol–water partition coefficient (Wildman–Crippen LogP) is 12.0. The number of hydrogen-bond acceptors (Lipinski definition) is 2. The minimum absolute atomic E-state index is 0.926. The van der Waals surface area contributed by atoms with Gasteiger partial charge in [-0.1, -0.05) is 127 Å². The molecule has 0 aliphatic heterocycles. The Morgan fingerprint density at radius 1 is 0.378 bits per heavy atom. The average Bonchev–Trinajstić information content (AvgIpc) is 3.10. The third-order valence-electron chi connectivity index (χ3n) is 7.94. The molecular formula is C43H37NO. The van der Waals surface area contributed by atoms with Gasteiger partial charge in [-0.05, 0) is 101 Å². The van der Waals surface area contributed by atoms with Crippen LogP contribution in [-0.4, -0.2) is 7.11 Å². The summed E-state index contributed by atoms with van der Waals surface area (Å²) in [5.41, 5.74) is 10.8. The van der Waals surface area contributed by atoms with E-state index in [1.807, 2.05) is 31.2 Å². The van der Waals surface area contributed by atoms with Gasteiger partial charge < -0.3 is 9.64 Å². The summed E-state index contributed by atoms with van der Waals surface area (Å²) in [6, 6.07) is 60.1. The standard InChI is InChI=1S/C35H27N.C8H10O/c1-26-14-16-29(17-15-26)30-18-21-33(22-19-30)36(35-23-20-28-10-5-6-11-31(28)25-35)34-13-7-12-32(24-34)27-8-3-2-4-9-27;1-7-4-3-5-8(6-7)9-2/h2-25H,1H3;3-6H,1-2H3. The number of rotatable bonds is 6. The number of fused-ring (bicyclic) bond motifs is 1. The van der Waals surface area contributed by atoms with Crippen LogP contribution in [0.1, 0.15) is 11.1 Å². The molecule has 0 aliphatic rings. The lowest BCUT2D eigenvalue weighted by molar-refractivity contribution is 0.414. The van der Waals surface area contributed by atoms with Gasteiger partial charge in [0, 0.05) is 17.1 Å². The number of aryl methyl sites for hydroxylation is 2. The second-order valence-corrected chi connectivity index (χ2v) is 11.2. The van der Waals surface area contributed by atoms with Crippen molar-refractivity contribution in [2.75, 3.05) is 12.0 Å². The fraction of sp³-hybridized carbons (Fsp3) is 0.0698. The molecule has 0 amide bonds. The van der Waals surface area contributed by atoms with Crippen LogP contribution < -0.4 is 9.64 Å². The molecule has 7 aromatic carbocycles. The van der Waals surface area contributed by atoms with Crippen LogP contribution in [0.4, 0.5) is 17.1 Å². The molecule has 0 saturated carbocycles. The van der Waals surface area contributed by atoms with Crippen molar-refractivity contribution < 1.29 is 4.74 Å². The number of benzene rings is 7. The van der Waals surface area contributed by atoms with Crippen molar-refractivity contribution >= 4 is 27.8 Å². The Labute approximate surface area is 266 Å². The van der Waals surface area contributed by atoms with Crippen LogP contribution >= 0.6 is 0 Å². The van der Waals surface area contributed by atoms with Gasteiger partial charge in [0.15, 0.2) is 0 Å². The first-order valence-electron chi connectivity index (χ1n) is 15.3. The highest BCUT2D eigenvalue weighted by molar-refractivity contribution is 5.90. The van der Waals surface area contributed by atoms with Gasteiger partial charge in [-0.2, -0.15) is 0 Å². The Morgan fingerprint density at radius 3 is 1.64 bits per heavy atom. The summed E-state index contributed by atoms with van der Waals surface area (Å²) < 4.78 is 5.00. The van der Waals surface area contributed by atoms with E-state index in [1.54, 1.807) is 7.11 Å². The van der Waals surface area contributed by atoms with Crippen molar-refractivity contribution in [2.45, 2.75) is 13.8 Å². The molecule has 0 bridgehead atoms. The molecule has 2 nitrogen and oxygen atoms in total. The molecule has 0 radical (unpaired) electrons. The van der Waals surface area contributed by atoms with Crippen LogP contribution in [0.2, 0.25) is 0 Å². The summed E-state index contributed by atoms with van der Waals surface area (Å²) in [7, 11) is 1.68. The van der Waals surface area contributed by atoms with E-state index in [2.05, 4.69) is 157 Å². The van der Waals surface area contributed by atoms with Gasteiger partial charge in [-0.3, -0.25) is 0 Å². The topological polar surface area (TPSA) is 12.5 Å². The fourth-order valence-electron chi connectivity index (χ4n) is 5.51. The summed E-state index contributed by atoms with van der Waals surface area (Å²) in [6.45, 7) is 4.17. The van der Waals surface area contributed by atoms with Gasteiger partial charge >= 0.3 is 0 Å². The second-order valence-electron chi connectivity index (χ2n) is 11.2. The largest absolute Gasteiger partial charge is 0.497 e. The van der Waals surface area contributed by atoms with Crippen LogP contribution in [0.3, 0.4) is 0 Å². The summed E-state index contributed by atoms with van der Waals surface area (Å²) >= 11 is 0. The van der Waals surface area contributed by atoms with E-state index < -0.39 is 0 Å². The fourth-order valence-corrected chi connectivity index (χ4v) is 5.51. The average molecular weight is 584 g/mol. The summed E-state index contributed by atoms with van der Waals surface area (Å²) in [4.78, 5) is 2.35. The van der Waals surface area contributed by atoms with E-state index in [0.717, 1.165) is 22.8 Å². The predicted molar refractivity (Wildman–Crippen MR) is 192 cm³/mol. The maximum atomic E-state index is 5.00. The molecular weight excluding hydrogens is 546 g/mol. The highest BCUT2D eigenvalue weighted by Crippen LogP contribution is 2.38. The first-order valence-corrected chi connectivity index (χ1v) is 15.3. The molecule has 45 heavy (non-hydrogen) atoms. The molecule has 0 spiro atoms.